The first-order chi connectivity index (χ1) is 14.0. The van der Waals surface area contributed by atoms with Crippen molar-refractivity contribution in [2.24, 2.45) is 5.92 Å². The molecular weight excluding hydrogens is 358 g/mol. The second kappa shape index (κ2) is 9.16. The largest absolute Gasteiger partial charge is 0.326 e. The van der Waals surface area contributed by atoms with Gasteiger partial charge in [-0.3, -0.25) is 9.78 Å². The maximum atomic E-state index is 13.0. The monoisotopic (exact) mass is 383 g/mol. The summed E-state index contributed by atoms with van der Waals surface area (Å²) >= 11 is 0. The summed E-state index contributed by atoms with van der Waals surface area (Å²) < 4.78 is 0. The Morgan fingerprint density at radius 3 is 2.48 bits per heavy atom. The third-order valence-electron chi connectivity index (χ3n) is 4.82. The van der Waals surface area contributed by atoms with Crippen LogP contribution < -0.4 is 5.32 Å². The first-order valence-corrected chi connectivity index (χ1v) is 9.80. The van der Waals surface area contributed by atoms with Crippen molar-refractivity contribution < 1.29 is 4.79 Å². The summed E-state index contributed by atoms with van der Waals surface area (Å²) in [6.07, 6.45) is 2.52. The molecule has 4 nitrogen and oxygen atoms in total. The fraction of sp³-hybridized carbons (Fsp3) is 0.240. The van der Waals surface area contributed by atoms with Gasteiger partial charge >= 0.3 is 0 Å². The maximum Gasteiger partial charge on any atom is 0.231 e. The van der Waals surface area contributed by atoms with Crippen LogP contribution in [0.1, 0.15) is 43.0 Å². The topological polar surface area (TPSA) is 65.8 Å². The van der Waals surface area contributed by atoms with Gasteiger partial charge in [-0.2, -0.15) is 5.26 Å². The summed E-state index contributed by atoms with van der Waals surface area (Å²) in [4.78, 5) is 17.3. The molecule has 0 aliphatic rings. The van der Waals surface area contributed by atoms with E-state index in [0.717, 1.165) is 34.5 Å². The quantitative estimate of drug-likeness (QED) is 0.594. The molecule has 0 saturated carbocycles. The lowest BCUT2D eigenvalue weighted by atomic mass is 9.88. The number of carbonyl (C=O) groups excluding carboxylic acids is 1. The van der Waals surface area contributed by atoms with E-state index in [2.05, 4.69) is 30.2 Å². The van der Waals surface area contributed by atoms with Crippen molar-refractivity contribution in [1.82, 2.24) is 4.98 Å². The van der Waals surface area contributed by atoms with E-state index in [1.54, 1.807) is 12.3 Å². The normalized spacial score (nSPS) is 11.7. The fourth-order valence-electron chi connectivity index (χ4n) is 3.39. The maximum absolute atomic E-state index is 13.0. The first kappa shape index (κ1) is 20.3. The smallest absolute Gasteiger partial charge is 0.231 e. The van der Waals surface area contributed by atoms with Crippen LogP contribution in [0.4, 0.5) is 5.69 Å². The summed E-state index contributed by atoms with van der Waals surface area (Å²) in [5.41, 5.74) is 5.35. The average molecular weight is 383 g/mol. The highest BCUT2D eigenvalue weighted by Gasteiger charge is 2.22. The fourth-order valence-corrected chi connectivity index (χ4v) is 3.39. The minimum absolute atomic E-state index is 0.0544. The number of anilines is 1. The number of pyridine rings is 1. The minimum atomic E-state index is -0.300. The van der Waals surface area contributed by atoms with E-state index in [0.29, 0.717) is 11.5 Å². The lowest BCUT2D eigenvalue weighted by Crippen LogP contribution is -2.22. The van der Waals surface area contributed by atoms with Gasteiger partial charge in [0.1, 0.15) is 0 Å². The number of nitrogens with zero attached hydrogens (tertiary/aromatic N) is 2. The minimum Gasteiger partial charge on any atom is -0.326 e. The molecule has 0 unspecified atom stereocenters. The van der Waals surface area contributed by atoms with Crippen molar-refractivity contribution in [2.75, 3.05) is 5.32 Å². The number of aromatic nitrogens is 1. The molecule has 0 aliphatic carbocycles. The van der Waals surface area contributed by atoms with Crippen LogP contribution in [0.25, 0.3) is 11.1 Å². The second-order valence-corrected chi connectivity index (χ2v) is 7.67. The molecule has 0 bridgehead atoms. The molecular formula is C25H25N3O. The molecule has 1 N–H and O–H groups in total. The average Bonchev–Trinajstić information content (AvgIpc) is 2.72. The number of rotatable bonds is 6. The lowest BCUT2D eigenvalue weighted by molar-refractivity contribution is -0.117. The van der Waals surface area contributed by atoms with Crippen molar-refractivity contribution in [2.45, 2.75) is 33.1 Å². The van der Waals surface area contributed by atoms with Gasteiger partial charge in [-0.15, -0.1) is 0 Å². The van der Waals surface area contributed by atoms with Crippen LogP contribution >= 0.6 is 0 Å². The third kappa shape index (κ3) is 5.30. The highest BCUT2D eigenvalue weighted by Crippen LogP contribution is 2.27. The Bertz CT molecular complexity index is 1030. The Balaban J connectivity index is 1.79. The molecule has 3 aromatic rings. The molecule has 0 aliphatic heterocycles. The molecule has 0 saturated heterocycles. The molecule has 2 aromatic carbocycles. The number of aryl methyl sites for hydroxylation is 1. The highest BCUT2D eigenvalue weighted by atomic mass is 16.1. The van der Waals surface area contributed by atoms with Crippen molar-refractivity contribution in [3.05, 3.63) is 83.7 Å². The van der Waals surface area contributed by atoms with E-state index in [1.165, 1.54) is 0 Å². The van der Waals surface area contributed by atoms with Crippen molar-refractivity contribution in [1.29, 1.82) is 5.26 Å². The summed E-state index contributed by atoms with van der Waals surface area (Å²) in [6, 6.07) is 21.3. The van der Waals surface area contributed by atoms with Crippen LogP contribution in [-0.4, -0.2) is 10.9 Å². The standard InChI is InChI=1S/C25H25N3O/c1-17(2)13-24(22-6-4-5-19(15-22)16-26)25(29)28-23-9-7-20(8-10-23)21-11-12-27-18(3)14-21/h4-12,14-15,17,24H,13H2,1-3H3,(H,28,29)/t24-/m0/s1. The van der Waals surface area contributed by atoms with E-state index in [4.69, 9.17) is 0 Å². The Kier molecular flexibility index (Phi) is 6.41. The second-order valence-electron chi connectivity index (χ2n) is 7.67. The number of benzene rings is 2. The van der Waals surface area contributed by atoms with Gasteiger partial charge in [0.2, 0.25) is 5.91 Å². The molecule has 0 spiro atoms. The number of hydrogen-bond acceptors (Lipinski definition) is 3. The zero-order chi connectivity index (χ0) is 20.8. The zero-order valence-corrected chi connectivity index (χ0v) is 17.0. The van der Waals surface area contributed by atoms with E-state index >= 15 is 0 Å². The summed E-state index contributed by atoms with van der Waals surface area (Å²) in [5, 5.41) is 12.2. The van der Waals surface area contributed by atoms with Gasteiger partial charge in [0.05, 0.1) is 17.6 Å². The van der Waals surface area contributed by atoms with Crippen LogP contribution in [-0.2, 0) is 4.79 Å². The highest BCUT2D eigenvalue weighted by molar-refractivity contribution is 5.96. The summed E-state index contributed by atoms with van der Waals surface area (Å²) in [7, 11) is 0. The predicted octanol–water partition coefficient (Wildman–Crippen LogP) is 5.70. The molecule has 3 rings (SSSR count). The molecule has 0 fully saturated rings. The van der Waals surface area contributed by atoms with Gasteiger partial charge in [0.25, 0.3) is 0 Å². The number of nitrogens with one attached hydrogen (secondary N) is 1. The van der Waals surface area contributed by atoms with Gasteiger partial charge in [0, 0.05) is 17.6 Å². The van der Waals surface area contributed by atoms with Crippen LogP contribution in [0, 0.1) is 24.2 Å². The molecule has 146 valence electrons. The van der Waals surface area contributed by atoms with Crippen molar-refractivity contribution in [3.63, 3.8) is 0 Å². The van der Waals surface area contributed by atoms with E-state index in [-0.39, 0.29) is 11.8 Å². The van der Waals surface area contributed by atoms with E-state index < -0.39 is 0 Å². The van der Waals surface area contributed by atoms with E-state index in [1.807, 2.05) is 61.5 Å². The van der Waals surface area contributed by atoms with Crippen LogP contribution in [0.5, 0.6) is 0 Å². The Morgan fingerprint density at radius 1 is 1.07 bits per heavy atom. The van der Waals surface area contributed by atoms with Gasteiger partial charge in [0.15, 0.2) is 0 Å². The molecule has 29 heavy (non-hydrogen) atoms. The number of hydrogen-bond donors (Lipinski definition) is 1. The molecule has 0 radical (unpaired) electrons. The van der Waals surface area contributed by atoms with Crippen LogP contribution in [0.15, 0.2) is 66.9 Å². The predicted molar refractivity (Wildman–Crippen MR) is 116 cm³/mol. The molecule has 1 heterocycles. The SMILES string of the molecule is Cc1cc(-c2ccc(NC(=O)[C@@H](CC(C)C)c3cccc(C#N)c3)cc2)ccn1. The Morgan fingerprint density at radius 2 is 1.83 bits per heavy atom. The molecule has 1 amide bonds. The van der Waals surface area contributed by atoms with Gasteiger partial charge in [-0.25, -0.2) is 0 Å². The lowest BCUT2D eigenvalue weighted by Gasteiger charge is -2.19. The van der Waals surface area contributed by atoms with Gasteiger partial charge < -0.3 is 5.32 Å². The summed E-state index contributed by atoms with van der Waals surface area (Å²) in [6.45, 7) is 6.16. The Hall–Kier alpha value is -3.45. The van der Waals surface area contributed by atoms with Gasteiger partial charge in [-0.05, 0) is 72.4 Å². The van der Waals surface area contributed by atoms with Gasteiger partial charge in [-0.1, -0.05) is 38.1 Å². The first-order valence-electron chi connectivity index (χ1n) is 9.80. The molecule has 4 heteroatoms. The third-order valence-corrected chi connectivity index (χ3v) is 4.82. The zero-order valence-electron chi connectivity index (χ0n) is 17.0. The van der Waals surface area contributed by atoms with Crippen LogP contribution in [0.2, 0.25) is 0 Å². The summed E-state index contributed by atoms with van der Waals surface area (Å²) in [5.74, 6) is 0.000849. The van der Waals surface area contributed by atoms with Crippen molar-refractivity contribution >= 4 is 11.6 Å². The molecule has 1 atom stereocenters. The Labute approximate surface area is 172 Å². The molecule has 1 aromatic heterocycles. The van der Waals surface area contributed by atoms with E-state index in [9.17, 15) is 10.1 Å². The van der Waals surface area contributed by atoms with Crippen LogP contribution in [0.3, 0.4) is 0 Å². The number of carbonyl (C=O) groups is 1. The number of amides is 1. The van der Waals surface area contributed by atoms with Crippen molar-refractivity contribution in [3.8, 4) is 17.2 Å². The number of nitriles is 1.